The fraction of sp³-hybridized carbons (Fsp3) is 0.500. The highest BCUT2D eigenvalue weighted by atomic mass is 16.6. The molecule has 1 saturated heterocycles. The van der Waals surface area contributed by atoms with Gasteiger partial charge in [0, 0.05) is 37.1 Å². The molecule has 11 nitrogen and oxygen atoms in total. The SMILES string of the molecule is CCC1(C(=O)O)NC(C(=O)O)(C(C)(C)C)CN1Cc1ccc(Cn2cccn2)cc1[N+](=O)[O-]. The fourth-order valence-corrected chi connectivity index (χ4v) is 4.40. The minimum atomic E-state index is -1.69. The number of aliphatic carboxylic acids is 2. The Kier molecular flexibility index (Phi) is 6.31. The lowest BCUT2D eigenvalue weighted by Crippen LogP contribution is -2.65. The summed E-state index contributed by atoms with van der Waals surface area (Å²) in [5, 5.41) is 39.1. The summed E-state index contributed by atoms with van der Waals surface area (Å²) < 4.78 is 1.64. The molecule has 3 rings (SSSR count). The van der Waals surface area contributed by atoms with Gasteiger partial charge in [0.15, 0.2) is 5.66 Å². The molecular formula is C22H29N5O6. The molecule has 3 N–H and O–H groups in total. The zero-order chi connectivity index (χ0) is 24.6. The van der Waals surface area contributed by atoms with Crippen LogP contribution in [0.5, 0.6) is 0 Å². The van der Waals surface area contributed by atoms with Crippen molar-refractivity contribution in [3.8, 4) is 0 Å². The molecule has 0 radical (unpaired) electrons. The molecule has 2 atom stereocenters. The second kappa shape index (κ2) is 8.56. The van der Waals surface area contributed by atoms with Crippen molar-refractivity contribution in [3.63, 3.8) is 0 Å². The Morgan fingerprint density at radius 3 is 2.42 bits per heavy atom. The maximum atomic E-state index is 12.4. The van der Waals surface area contributed by atoms with Gasteiger partial charge in [-0.2, -0.15) is 5.10 Å². The third-order valence-electron chi connectivity index (χ3n) is 6.51. The van der Waals surface area contributed by atoms with Crippen molar-refractivity contribution < 1.29 is 24.7 Å². The number of nitro benzene ring substituents is 1. The van der Waals surface area contributed by atoms with Gasteiger partial charge in [0.25, 0.3) is 5.69 Å². The number of carboxylic acids is 2. The summed E-state index contributed by atoms with van der Waals surface area (Å²) in [6.45, 7) is 6.95. The summed E-state index contributed by atoms with van der Waals surface area (Å²) >= 11 is 0. The van der Waals surface area contributed by atoms with Crippen LogP contribution in [0, 0.1) is 15.5 Å². The molecule has 2 heterocycles. The van der Waals surface area contributed by atoms with Gasteiger partial charge in [0.1, 0.15) is 5.54 Å². The quantitative estimate of drug-likeness (QED) is 0.399. The molecule has 11 heteroatoms. The first-order valence-corrected chi connectivity index (χ1v) is 10.6. The van der Waals surface area contributed by atoms with E-state index in [1.165, 1.54) is 11.0 Å². The number of nitro groups is 1. The molecule has 1 aliphatic heterocycles. The van der Waals surface area contributed by atoms with E-state index in [-0.39, 0.29) is 25.2 Å². The maximum absolute atomic E-state index is 12.4. The summed E-state index contributed by atoms with van der Waals surface area (Å²) in [5.41, 5.74) is -3.26. The minimum Gasteiger partial charge on any atom is -0.480 e. The average molecular weight is 460 g/mol. The lowest BCUT2D eigenvalue weighted by atomic mass is 9.73. The van der Waals surface area contributed by atoms with E-state index < -0.39 is 33.5 Å². The molecule has 1 fully saturated rings. The van der Waals surface area contributed by atoms with Crippen LogP contribution in [0.2, 0.25) is 0 Å². The molecule has 33 heavy (non-hydrogen) atoms. The number of carboxylic acid groups (broad SMARTS) is 2. The molecule has 0 bridgehead atoms. The second-order valence-electron chi connectivity index (χ2n) is 9.38. The standard InChI is InChI=1S/C22H29N5O6/c1-5-22(19(30)31)24-21(18(28)29,20(2,3)4)14-25(22)13-16-8-7-15(11-17(16)27(32)33)12-26-10-6-9-23-26/h6-11,24H,5,12-14H2,1-4H3,(H,28,29)(H,30,31). The number of hydrogen-bond donors (Lipinski definition) is 3. The molecule has 0 amide bonds. The van der Waals surface area contributed by atoms with E-state index in [0.717, 1.165) is 0 Å². The van der Waals surface area contributed by atoms with Crippen LogP contribution in [0.25, 0.3) is 0 Å². The molecule has 2 unspecified atom stereocenters. The molecule has 1 aromatic carbocycles. The van der Waals surface area contributed by atoms with Gasteiger partial charge < -0.3 is 10.2 Å². The largest absolute Gasteiger partial charge is 0.480 e. The molecule has 178 valence electrons. The smallest absolute Gasteiger partial charge is 0.339 e. The molecule has 1 aromatic heterocycles. The van der Waals surface area contributed by atoms with Gasteiger partial charge in [-0.3, -0.25) is 29.8 Å². The molecule has 2 aromatic rings. The van der Waals surface area contributed by atoms with Gasteiger partial charge in [-0.05, 0) is 23.5 Å². The van der Waals surface area contributed by atoms with Crippen molar-refractivity contribution in [1.82, 2.24) is 20.0 Å². The number of carbonyl (C=O) groups is 2. The number of rotatable bonds is 8. The highest BCUT2D eigenvalue weighted by Crippen LogP contribution is 2.42. The first-order chi connectivity index (χ1) is 15.4. The van der Waals surface area contributed by atoms with Crippen molar-refractivity contribution in [2.24, 2.45) is 5.41 Å². The van der Waals surface area contributed by atoms with Crippen molar-refractivity contribution in [2.75, 3.05) is 6.54 Å². The van der Waals surface area contributed by atoms with Crippen LogP contribution < -0.4 is 5.32 Å². The van der Waals surface area contributed by atoms with Gasteiger partial charge in [-0.1, -0.05) is 39.8 Å². The van der Waals surface area contributed by atoms with Crippen molar-refractivity contribution in [1.29, 1.82) is 0 Å². The van der Waals surface area contributed by atoms with Gasteiger partial charge >= 0.3 is 11.9 Å². The fourth-order valence-electron chi connectivity index (χ4n) is 4.40. The number of hydrogen-bond acceptors (Lipinski definition) is 7. The Balaban J connectivity index is 2.03. The van der Waals surface area contributed by atoms with Crippen LogP contribution in [0.1, 0.15) is 45.2 Å². The zero-order valence-electron chi connectivity index (χ0n) is 19.1. The molecule has 0 aliphatic carbocycles. The Morgan fingerprint density at radius 1 is 1.24 bits per heavy atom. The van der Waals surface area contributed by atoms with E-state index in [0.29, 0.717) is 17.7 Å². The normalized spacial score (nSPS) is 23.5. The van der Waals surface area contributed by atoms with E-state index in [9.17, 15) is 29.9 Å². The maximum Gasteiger partial charge on any atom is 0.339 e. The first kappa shape index (κ1) is 24.3. The number of benzene rings is 1. The molecule has 0 spiro atoms. The Hall–Kier alpha value is -3.31. The van der Waals surface area contributed by atoms with Gasteiger partial charge in [-0.25, -0.2) is 4.79 Å². The average Bonchev–Trinajstić information content (AvgIpc) is 3.35. The third kappa shape index (κ3) is 4.21. The lowest BCUT2D eigenvalue weighted by Gasteiger charge is -2.39. The topological polar surface area (TPSA) is 151 Å². The van der Waals surface area contributed by atoms with Crippen LogP contribution in [-0.2, 0) is 22.7 Å². The summed E-state index contributed by atoms with van der Waals surface area (Å²) in [5.74, 6) is -2.39. The predicted molar refractivity (Wildman–Crippen MR) is 118 cm³/mol. The number of aromatic nitrogens is 2. The summed E-state index contributed by atoms with van der Waals surface area (Å²) in [4.78, 5) is 37.6. The Labute approximate surface area is 191 Å². The molecule has 0 saturated carbocycles. The highest BCUT2D eigenvalue weighted by molar-refractivity contribution is 5.86. The van der Waals surface area contributed by atoms with E-state index in [1.807, 2.05) is 0 Å². The van der Waals surface area contributed by atoms with Crippen LogP contribution in [0.4, 0.5) is 5.69 Å². The van der Waals surface area contributed by atoms with E-state index in [2.05, 4.69) is 10.4 Å². The van der Waals surface area contributed by atoms with E-state index in [4.69, 9.17) is 0 Å². The predicted octanol–water partition coefficient (Wildman–Crippen LogP) is 2.31. The lowest BCUT2D eigenvalue weighted by molar-refractivity contribution is -0.385. The monoisotopic (exact) mass is 459 g/mol. The second-order valence-corrected chi connectivity index (χ2v) is 9.38. The van der Waals surface area contributed by atoms with Crippen LogP contribution >= 0.6 is 0 Å². The highest BCUT2D eigenvalue weighted by Gasteiger charge is 2.64. The van der Waals surface area contributed by atoms with Crippen LogP contribution in [-0.4, -0.2) is 59.5 Å². The van der Waals surface area contributed by atoms with E-state index in [1.54, 1.807) is 63.0 Å². The van der Waals surface area contributed by atoms with E-state index >= 15 is 0 Å². The molecule has 1 aliphatic rings. The van der Waals surface area contributed by atoms with Gasteiger partial charge in [-0.15, -0.1) is 0 Å². The van der Waals surface area contributed by atoms with Crippen molar-refractivity contribution in [3.05, 3.63) is 57.9 Å². The Morgan fingerprint density at radius 2 is 1.94 bits per heavy atom. The molecular weight excluding hydrogens is 430 g/mol. The van der Waals surface area contributed by atoms with Gasteiger partial charge in [0.2, 0.25) is 0 Å². The van der Waals surface area contributed by atoms with Crippen LogP contribution in [0.3, 0.4) is 0 Å². The summed E-state index contributed by atoms with van der Waals surface area (Å²) in [7, 11) is 0. The minimum absolute atomic E-state index is 0.0681. The first-order valence-electron chi connectivity index (χ1n) is 10.6. The number of nitrogens with zero attached hydrogens (tertiary/aromatic N) is 4. The van der Waals surface area contributed by atoms with Crippen molar-refractivity contribution >= 4 is 17.6 Å². The van der Waals surface area contributed by atoms with Crippen molar-refractivity contribution in [2.45, 2.75) is 58.4 Å². The third-order valence-corrected chi connectivity index (χ3v) is 6.51. The summed E-state index contributed by atoms with van der Waals surface area (Å²) in [6, 6.07) is 6.53. The summed E-state index contributed by atoms with van der Waals surface area (Å²) in [6.07, 6.45) is 3.43. The van der Waals surface area contributed by atoms with Crippen LogP contribution in [0.15, 0.2) is 36.7 Å². The number of nitrogens with one attached hydrogen (secondary N) is 1. The zero-order valence-corrected chi connectivity index (χ0v) is 19.1. The van der Waals surface area contributed by atoms with Gasteiger partial charge in [0.05, 0.1) is 11.5 Å². The Bertz CT molecular complexity index is 1060.